The molecule has 0 aromatic heterocycles. The molecule has 32 heavy (non-hydrogen) atoms. The van der Waals surface area contributed by atoms with Crippen molar-refractivity contribution in [2.24, 2.45) is 0 Å². The van der Waals surface area contributed by atoms with Gasteiger partial charge in [-0.2, -0.15) is 0 Å². The largest absolute Gasteiger partial charge is 0.507 e. The van der Waals surface area contributed by atoms with Crippen molar-refractivity contribution < 1.29 is 34.6 Å². The molecule has 0 spiro atoms. The van der Waals surface area contributed by atoms with Crippen LogP contribution in [0.15, 0.2) is 60.7 Å². The second-order valence-electron chi connectivity index (χ2n) is 6.58. The van der Waals surface area contributed by atoms with Crippen LogP contribution in [-0.2, 0) is 0 Å². The number of carboxylic acid groups (broad SMARTS) is 1. The van der Waals surface area contributed by atoms with Crippen LogP contribution < -0.4 is 0 Å². The maximum Gasteiger partial charge on any atom is 0.339 e. The number of phenolic OH excluding ortho intramolecular Hbond substituents is 1. The van der Waals surface area contributed by atoms with Gasteiger partial charge in [-0.1, -0.05) is 36.4 Å². The molecule has 0 saturated heterocycles. The number of nitro benzene ring substituents is 1. The molecule has 0 fully saturated rings. The fourth-order valence-electron chi connectivity index (χ4n) is 3.28. The van der Waals surface area contributed by atoms with E-state index in [-0.39, 0.29) is 28.1 Å². The fourth-order valence-corrected chi connectivity index (χ4v) is 3.28. The number of aromatic hydroxyl groups is 2. The average molecular weight is 433 g/mol. The van der Waals surface area contributed by atoms with Gasteiger partial charge in [0, 0.05) is 11.5 Å². The molecule has 9 nitrogen and oxygen atoms in total. The zero-order valence-corrected chi connectivity index (χ0v) is 16.3. The maximum absolute atomic E-state index is 10.9. The molecule has 9 heteroatoms. The highest BCUT2D eigenvalue weighted by molar-refractivity contribution is 6.07. The number of carbonyl (C=O) groups excluding carboxylic acids is 2. The molecule has 160 valence electrons. The Kier molecular flexibility index (Phi) is 6.11. The number of carbonyl (C=O) groups is 3. The van der Waals surface area contributed by atoms with Crippen LogP contribution >= 0.6 is 0 Å². The lowest BCUT2D eigenvalue weighted by atomic mass is 10.00. The van der Waals surface area contributed by atoms with Gasteiger partial charge in [-0.15, -0.1) is 0 Å². The van der Waals surface area contributed by atoms with Gasteiger partial charge < -0.3 is 15.3 Å². The number of hydrogen-bond acceptors (Lipinski definition) is 7. The van der Waals surface area contributed by atoms with Gasteiger partial charge in [0.05, 0.1) is 21.4 Å². The SMILES string of the molecule is O=Cc1c(O)c(C(=O)O)cc2ccccc12.O=Cc1c(O)ccc2c([N+](=O)[O-])cccc12. The van der Waals surface area contributed by atoms with Crippen molar-refractivity contribution >= 4 is 45.8 Å². The standard InChI is InChI=1S/C12H8O4.C11H7NO4/c13-6-10-8-4-2-1-3-7(8)5-9(11(10)14)12(15)16;13-6-9-7-2-1-3-10(12(15)16)8(7)4-5-11(9)14/h1-6,14H,(H,15,16);1-6,14H. The molecule has 0 saturated carbocycles. The molecule has 0 unspecified atom stereocenters. The molecule has 0 bridgehead atoms. The highest BCUT2D eigenvalue weighted by atomic mass is 16.6. The Morgan fingerprint density at radius 3 is 2.12 bits per heavy atom. The van der Waals surface area contributed by atoms with Gasteiger partial charge in [-0.05, 0) is 29.0 Å². The molecule has 0 heterocycles. The first-order valence-corrected chi connectivity index (χ1v) is 9.07. The van der Waals surface area contributed by atoms with E-state index in [1.54, 1.807) is 30.3 Å². The van der Waals surface area contributed by atoms with Gasteiger partial charge in [0.2, 0.25) is 0 Å². The van der Waals surface area contributed by atoms with Crippen LogP contribution in [0.2, 0.25) is 0 Å². The van der Waals surface area contributed by atoms with E-state index in [1.807, 2.05) is 0 Å². The lowest BCUT2D eigenvalue weighted by molar-refractivity contribution is -0.383. The molecule has 4 aromatic carbocycles. The van der Waals surface area contributed by atoms with Crippen molar-refractivity contribution in [3.63, 3.8) is 0 Å². The zero-order chi connectivity index (χ0) is 23.4. The minimum atomic E-state index is -1.26. The summed E-state index contributed by atoms with van der Waals surface area (Å²) in [6.07, 6.45) is 0.950. The number of nitrogens with zero attached hydrogens (tertiary/aromatic N) is 1. The first-order valence-electron chi connectivity index (χ1n) is 9.07. The van der Waals surface area contributed by atoms with Gasteiger partial charge in [-0.3, -0.25) is 19.7 Å². The molecule has 4 aromatic rings. The molecule has 3 N–H and O–H groups in total. The number of aldehydes is 2. The van der Waals surface area contributed by atoms with Crippen LogP contribution in [-0.4, -0.2) is 38.8 Å². The highest BCUT2D eigenvalue weighted by Gasteiger charge is 2.17. The Bertz CT molecular complexity index is 1390. The normalized spacial score (nSPS) is 10.2. The summed E-state index contributed by atoms with van der Waals surface area (Å²) in [6, 6.07) is 15.2. The average Bonchev–Trinajstić information content (AvgIpc) is 2.78. The first-order chi connectivity index (χ1) is 15.3. The van der Waals surface area contributed by atoms with Crippen LogP contribution in [0.25, 0.3) is 21.5 Å². The molecule has 0 radical (unpaired) electrons. The molecule has 0 amide bonds. The number of phenols is 2. The summed E-state index contributed by atoms with van der Waals surface area (Å²) in [4.78, 5) is 42.7. The molecular weight excluding hydrogens is 418 g/mol. The monoisotopic (exact) mass is 433 g/mol. The van der Waals surface area contributed by atoms with Crippen LogP contribution in [0.5, 0.6) is 11.5 Å². The molecular formula is C23H15NO8. The summed E-state index contributed by atoms with van der Waals surface area (Å²) in [5.74, 6) is -1.92. The molecule has 0 aliphatic carbocycles. The lowest BCUT2D eigenvalue weighted by Gasteiger charge is -2.06. The van der Waals surface area contributed by atoms with Crippen LogP contribution in [0.4, 0.5) is 5.69 Å². The summed E-state index contributed by atoms with van der Waals surface area (Å²) in [5, 5.41) is 40.6. The lowest BCUT2D eigenvalue weighted by Crippen LogP contribution is -1.99. The van der Waals surface area contributed by atoms with E-state index < -0.39 is 16.6 Å². The predicted molar refractivity (Wildman–Crippen MR) is 116 cm³/mol. The van der Waals surface area contributed by atoms with Crippen molar-refractivity contribution in [3.8, 4) is 11.5 Å². The Hall–Kier alpha value is -4.79. The van der Waals surface area contributed by atoms with Crippen molar-refractivity contribution in [1.29, 1.82) is 0 Å². The number of benzene rings is 4. The van der Waals surface area contributed by atoms with E-state index in [0.29, 0.717) is 34.1 Å². The molecule has 0 atom stereocenters. The predicted octanol–water partition coefficient (Wildman–Crippen LogP) is 4.32. The Morgan fingerprint density at radius 2 is 1.50 bits per heavy atom. The fraction of sp³-hybridized carbons (Fsp3) is 0. The summed E-state index contributed by atoms with van der Waals surface area (Å²) in [5.41, 5.74) is -0.266. The Balaban J connectivity index is 0.000000181. The highest BCUT2D eigenvalue weighted by Crippen LogP contribution is 2.32. The van der Waals surface area contributed by atoms with Crippen LogP contribution in [0.3, 0.4) is 0 Å². The number of nitro groups is 1. The number of carboxylic acids is 1. The molecule has 4 rings (SSSR count). The number of hydrogen-bond donors (Lipinski definition) is 3. The number of aromatic carboxylic acids is 1. The van der Waals surface area contributed by atoms with Crippen LogP contribution in [0.1, 0.15) is 31.1 Å². The second-order valence-corrected chi connectivity index (χ2v) is 6.58. The minimum Gasteiger partial charge on any atom is -0.507 e. The summed E-state index contributed by atoms with van der Waals surface area (Å²) >= 11 is 0. The summed E-state index contributed by atoms with van der Waals surface area (Å²) in [6.45, 7) is 0. The van der Waals surface area contributed by atoms with E-state index in [1.165, 1.54) is 30.3 Å². The third-order valence-electron chi connectivity index (χ3n) is 4.78. The number of fused-ring (bicyclic) bond motifs is 2. The van der Waals surface area contributed by atoms with Gasteiger partial charge in [0.25, 0.3) is 5.69 Å². The van der Waals surface area contributed by atoms with Crippen molar-refractivity contribution in [1.82, 2.24) is 0 Å². The van der Waals surface area contributed by atoms with Gasteiger partial charge in [0.15, 0.2) is 12.6 Å². The zero-order valence-electron chi connectivity index (χ0n) is 16.3. The van der Waals surface area contributed by atoms with Gasteiger partial charge in [0.1, 0.15) is 17.1 Å². The summed E-state index contributed by atoms with van der Waals surface area (Å²) in [7, 11) is 0. The van der Waals surface area contributed by atoms with Crippen molar-refractivity contribution in [2.45, 2.75) is 0 Å². The summed E-state index contributed by atoms with van der Waals surface area (Å²) < 4.78 is 0. The quantitative estimate of drug-likeness (QED) is 0.244. The second kappa shape index (κ2) is 8.92. The first kappa shape index (κ1) is 21.9. The smallest absolute Gasteiger partial charge is 0.339 e. The van der Waals surface area contributed by atoms with Crippen LogP contribution in [0, 0.1) is 10.1 Å². The Labute approximate surface area is 179 Å². The van der Waals surface area contributed by atoms with Gasteiger partial charge >= 0.3 is 5.97 Å². The third kappa shape index (κ3) is 3.94. The van der Waals surface area contributed by atoms with Gasteiger partial charge in [-0.25, -0.2) is 4.79 Å². The number of non-ortho nitro benzene ring substituents is 1. The topological polar surface area (TPSA) is 155 Å². The van der Waals surface area contributed by atoms with E-state index in [9.17, 15) is 34.7 Å². The number of rotatable bonds is 4. The van der Waals surface area contributed by atoms with Crippen molar-refractivity contribution in [3.05, 3.63) is 87.5 Å². The van der Waals surface area contributed by atoms with E-state index in [0.717, 1.165) is 0 Å². The molecule has 0 aliphatic rings. The van der Waals surface area contributed by atoms with E-state index in [4.69, 9.17) is 5.11 Å². The maximum atomic E-state index is 10.9. The Morgan fingerprint density at radius 1 is 0.844 bits per heavy atom. The van der Waals surface area contributed by atoms with E-state index in [2.05, 4.69) is 0 Å². The third-order valence-corrected chi connectivity index (χ3v) is 4.78. The minimum absolute atomic E-state index is 0.00972. The van der Waals surface area contributed by atoms with Crippen molar-refractivity contribution in [2.75, 3.05) is 0 Å². The van der Waals surface area contributed by atoms with E-state index >= 15 is 0 Å². The molecule has 0 aliphatic heterocycles.